The molecule has 0 saturated carbocycles. The van der Waals surface area contributed by atoms with Gasteiger partial charge in [0.15, 0.2) is 11.4 Å². The fourth-order valence-electron chi connectivity index (χ4n) is 2.56. The summed E-state index contributed by atoms with van der Waals surface area (Å²) in [6, 6.07) is 11.4. The summed E-state index contributed by atoms with van der Waals surface area (Å²) in [5.41, 5.74) is 3.86. The van der Waals surface area contributed by atoms with E-state index in [1.807, 2.05) is 56.4 Å². The molecule has 3 rings (SSSR count). The monoisotopic (exact) mass is 309 g/mol. The molecular formula is C18H19N3O2. The second-order valence-corrected chi connectivity index (χ2v) is 5.35. The average Bonchev–Trinajstić information content (AvgIpc) is 2.95. The summed E-state index contributed by atoms with van der Waals surface area (Å²) in [5, 5.41) is 2.94. The summed E-state index contributed by atoms with van der Waals surface area (Å²) < 4.78 is 7.12. The van der Waals surface area contributed by atoms with Crippen molar-refractivity contribution in [3.8, 4) is 5.75 Å². The van der Waals surface area contributed by atoms with Gasteiger partial charge in [-0.2, -0.15) is 0 Å². The van der Waals surface area contributed by atoms with Crippen LogP contribution in [0.25, 0.3) is 5.65 Å². The molecule has 2 aromatic heterocycles. The number of carbonyl (C=O) groups excluding carboxylic acids is 1. The molecule has 0 unspecified atom stereocenters. The van der Waals surface area contributed by atoms with E-state index in [9.17, 15) is 4.79 Å². The van der Waals surface area contributed by atoms with Crippen molar-refractivity contribution >= 4 is 17.2 Å². The van der Waals surface area contributed by atoms with E-state index in [-0.39, 0.29) is 5.91 Å². The second kappa shape index (κ2) is 6.12. The van der Waals surface area contributed by atoms with Crippen LogP contribution < -0.4 is 10.1 Å². The molecule has 0 spiro atoms. The zero-order valence-electron chi connectivity index (χ0n) is 13.5. The van der Waals surface area contributed by atoms with E-state index in [2.05, 4.69) is 10.3 Å². The largest absolute Gasteiger partial charge is 0.493 e. The molecule has 1 N–H and O–H groups in total. The van der Waals surface area contributed by atoms with E-state index in [0.717, 1.165) is 16.9 Å². The Bertz CT molecular complexity index is 851. The number of nitrogens with zero attached hydrogens (tertiary/aromatic N) is 2. The van der Waals surface area contributed by atoms with Gasteiger partial charge in [-0.05, 0) is 37.6 Å². The molecule has 0 fully saturated rings. The maximum absolute atomic E-state index is 12.7. The lowest BCUT2D eigenvalue weighted by Gasteiger charge is -2.07. The van der Waals surface area contributed by atoms with Crippen LogP contribution in [0, 0.1) is 6.92 Å². The summed E-state index contributed by atoms with van der Waals surface area (Å²) >= 11 is 0. The Morgan fingerprint density at radius 2 is 2.00 bits per heavy atom. The lowest BCUT2D eigenvalue weighted by Crippen LogP contribution is -2.16. The minimum Gasteiger partial charge on any atom is -0.493 e. The van der Waals surface area contributed by atoms with Gasteiger partial charge < -0.3 is 10.1 Å². The molecule has 2 heterocycles. The number of nitrogens with one attached hydrogen (secondary N) is 1. The van der Waals surface area contributed by atoms with Gasteiger partial charge in [-0.3, -0.25) is 9.20 Å². The first kappa shape index (κ1) is 15.1. The number of ether oxygens (including phenoxy) is 1. The molecule has 5 heteroatoms. The zero-order chi connectivity index (χ0) is 16.4. The first-order valence-electron chi connectivity index (χ1n) is 7.56. The van der Waals surface area contributed by atoms with Crippen molar-refractivity contribution in [1.82, 2.24) is 9.38 Å². The van der Waals surface area contributed by atoms with E-state index < -0.39 is 0 Å². The maximum atomic E-state index is 12.7. The van der Waals surface area contributed by atoms with Gasteiger partial charge in [-0.15, -0.1) is 0 Å². The summed E-state index contributed by atoms with van der Waals surface area (Å²) in [5.74, 6) is 0.475. The normalized spacial score (nSPS) is 10.7. The summed E-state index contributed by atoms with van der Waals surface area (Å²) in [7, 11) is 1.60. The third-order valence-electron chi connectivity index (χ3n) is 3.77. The van der Waals surface area contributed by atoms with Crippen molar-refractivity contribution in [2.24, 2.45) is 0 Å². The first-order valence-corrected chi connectivity index (χ1v) is 7.56. The highest BCUT2D eigenvalue weighted by atomic mass is 16.5. The van der Waals surface area contributed by atoms with Crippen LogP contribution in [-0.2, 0) is 6.42 Å². The smallest absolute Gasteiger partial charge is 0.274 e. The number of aromatic nitrogens is 2. The molecule has 0 atom stereocenters. The number of carbonyl (C=O) groups is 1. The maximum Gasteiger partial charge on any atom is 0.274 e. The molecule has 118 valence electrons. The number of amides is 1. The highest BCUT2D eigenvalue weighted by Crippen LogP contribution is 2.23. The Morgan fingerprint density at radius 1 is 1.26 bits per heavy atom. The molecule has 0 aliphatic rings. The van der Waals surface area contributed by atoms with Crippen LogP contribution in [0.4, 0.5) is 5.69 Å². The SMILES string of the molecule is CCc1nc2c(OC)cccn2c1C(=O)Nc1ccc(C)cc1. The summed E-state index contributed by atoms with van der Waals surface area (Å²) in [4.78, 5) is 17.3. The van der Waals surface area contributed by atoms with Gasteiger partial charge in [-0.25, -0.2) is 4.98 Å². The summed E-state index contributed by atoms with van der Waals surface area (Å²) in [6.45, 7) is 3.99. The molecule has 23 heavy (non-hydrogen) atoms. The molecule has 3 aromatic rings. The number of hydrogen-bond donors (Lipinski definition) is 1. The Labute approximate surface area is 134 Å². The number of fused-ring (bicyclic) bond motifs is 1. The quantitative estimate of drug-likeness (QED) is 0.803. The summed E-state index contributed by atoms with van der Waals surface area (Å²) in [6.07, 6.45) is 2.50. The van der Waals surface area contributed by atoms with Crippen LogP contribution in [0.5, 0.6) is 5.75 Å². The number of hydrogen-bond acceptors (Lipinski definition) is 3. The number of imidazole rings is 1. The fourth-order valence-corrected chi connectivity index (χ4v) is 2.56. The van der Waals surface area contributed by atoms with Crippen molar-refractivity contribution < 1.29 is 9.53 Å². The average molecular weight is 309 g/mol. The van der Waals surface area contributed by atoms with Gasteiger partial charge in [0.05, 0.1) is 12.8 Å². The Kier molecular flexibility index (Phi) is 4.02. The molecule has 0 aliphatic carbocycles. The first-order chi connectivity index (χ1) is 11.1. The minimum absolute atomic E-state index is 0.175. The topological polar surface area (TPSA) is 55.6 Å². The molecule has 0 bridgehead atoms. The van der Waals surface area contributed by atoms with Crippen molar-refractivity contribution in [2.75, 3.05) is 12.4 Å². The van der Waals surface area contributed by atoms with Crippen molar-refractivity contribution in [2.45, 2.75) is 20.3 Å². The van der Waals surface area contributed by atoms with E-state index in [1.54, 1.807) is 11.5 Å². The molecule has 0 aliphatic heterocycles. The number of benzene rings is 1. The Hall–Kier alpha value is -2.82. The number of aryl methyl sites for hydroxylation is 2. The number of pyridine rings is 1. The molecule has 0 radical (unpaired) electrons. The van der Waals surface area contributed by atoms with E-state index in [0.29, 0.717) is 23.5 Å². The van der Waals surface area contributed by atoms with E-state index in [4.69, 9.17) is 4.74 Å². The molecule has 1 aromatic carbocycles. The molecule has 1 amide bonds. The standard InChI is InChI=1S/C18H19N3O2/c1-4-14-16(18(22)19-13-9-7-12(2)8-10-13)21-11-5-6-15(23-3)17(21)20-14/h5-11H,4H2,1-3H3,(H,19,22). The molecule has 5 nitrogen and oxygen atoms in total. The van der Waals surface area contributed by atoms with E-state index in [1.165, 1.54) is 0 Å². The van der Waals surface area contributed by atoms with Crippen LogP contribution in [0.1, 0.15) is 28.7 Å². The predicted octanol–water partition coefficient (Wildman–Crippen LogP) is 3.47. The lowest BCUT2D eigenvalue weighted by molar-refractivity contribution is 0.102. The van der Waals surface area contributed by atoms with Crippen LogP contribution in [-0.4, -0.2) is 22.4 Å². The van der Waals surface area contributed by atoms with Crippen molar-refractivity contribution in [3.05, 3.63) is 59.5 Å². The van der Waals surface area contributed by atoms with Gasteiger partial charge in [-0.1, -0.05) is 24.6 Å². The molecule has 0 saturated heterocycles. The van der Waals surface area contributed by atoms with Gasteiger partial charge >= 0.3 is 0 Å². The highest BCUT2D eigenvalue weighted by molar-refractivity contribution is 6.04. The van der Waals surface area contributed by atoms with Crippen molar-refractivity contribution in [1.29, 1.82) is 0 Å². The van der Waals surface area contributed by atoms with Gasteiger partial charge in [0.1, 0.15) is 5.69 Å². The molecular weight excluding hydrogens is 290 g/mol. The third kappa shape index (κ3) is 2.77. The zero-order valence-corrected chi connectivity index (χ0v) is 13.5. The number of methoxy groups -OCH3 is 1. The van der Waals surface area contributed by atoms with E-state index >= 15 is 0 Å². The Balaban J connectivity index is 2.04. The predicted molar refractivity (Wildman–Crippen MR) is 90.3 cm³/mol. The van der Waals surface area contributed by atoms with Crippen LogP contribution >= 0.6 is 0 Å². The van der Waals surface area contributed by atoms with Gasteiger partial charge in [0.2, 0.25) is 0 Å². The highest BCUT2D eigenvalue weighted by Gasteiger charge is 2.20. The van der Waals surface area contributed by atoms with Gasteiger partial charge in [0, 0.05) is 11.9 Å². The second-order valence-electron chi connectivity index (χ2n) is 5.35. The van der Waals surface area contributed by atoms with Crippen LogP contribution in [0.15, 0.2) is 42.6 Å². The third-order valence-corrected chi connectivity index (χ3v) is 3.77. The minimum atomic E-state index is -0.175. The Morgan fingerprint density at radius 3 is 2.65 bits per heavy atom. The van der Waals surface area contributed by atoms with Crippen molar-refractivity contribution in [3.63, 3.8) is 0 Å². The lowest BCUT2D eigenvalue weighted by atomic mass is 10.2. The van der Waals surface area contributed by atoms with Crippen LogP contribution in [0.2, 0.25) is 0 Å². The number of rotatable bonds is 4. The van der Waals surface area contributed by atoms with Crippen LogP contribution in [0.3, 0.4) is 0 Å². The number of anilines is 1. The fraction of sp³-hybridized carbons (Fsp3) is 0.222. The van der Waals surface area contributed by atoms with Gasteiger partial charge in [0.25, 0.3) is 5.91 Å².